The number of nitrogens with two attached hydrogens (primary N) is 1. The minimum Gasteiger partial charge on any atom is -0.373 e. The van der Waals surface area contributed by atoms with E-state index in [1.807, 2.05) is 20.8 Å². The first-order valence-corrected chi connectivity index (χ1v) is 5.18. The van der Waals surface area contributed by atoms with Crippen LogP contribution in [0.1, 0.15) is 33.6 Å². The molecule has 0 fully saturated rings. The lowest BCUT2D eigenvalue weighted by atomic mass is 10.0. The van der Waals surface area contributed by atoms with Gasteiger partial charge in [0.1, 0.15) is 0 Å². The van der Waals surface area contributed by atoms with Crippen LogP contribution in [0.25, 0.3) is 0 Å². The molecule has 0 saturated heterocycles. The third-order valence-corrected chi connectivity index (χ3v) is 2.33. The molecule has 4 heteroatoms. The van der Waals surface area contributed by atoms with Gasteiger partial charge in [-0.3, -0.25) is 4.79 Å². The Bertz CT molecular complexity index is 168. The summed E-state index contributed by atoms with van der Waals surface area (Å²) in [6, 6.07) is 0. The lowest BCUT2D eigenvalue weighted by Crippen LogP contribution is -2.38. The van der Waals surface area contributed by atoms with E-state index < -0.39 is 0 Å². The number of hydrogen-bond donors (Lipinski definition) is 2. The van der Waals surface area contributed by atoms with Crippen molar-refractivity contribution < 1.29 is 9.53 Å². The average Bonchev–Trinajstić information content (AvgIpc) is 2.18. The van der Waals surface area contributed by atoms with Gasteiger partial charge >= 0.3 is 0 Å². The highest BCUT2D eigenvalue weighted by Gasteiger charge is 2.20. The van der Waals surface area contributed by atoms with Gasteiger partial charge in [0.25, 0.3) is 0 Å². The van der Waals surface area contributed by atoms with Crippen LogP contribution in [0.2, 0.25) is 0 Å². The van der Waals surface area contributed by atoms with Gasteiger partial charge in [0.2, 0.25) is 5.91 Å². The molecule has 0 aromatic carbocycles. The molecule has 0 aliphatic carbocycles. The van der Waals surface area contributed by atoms with Crippen molar-refractivity contribution in [1.82, 2.24) is 5.32 Å². The number of amides is 1. The highest BCUT2D eigenvalue weighted by atomic mass is 16.5. The topological polar surface area (TPSA) is 64.3 Å². The molecule has 84 valence electrons. The van der Waals surface area contributed by atoms with Crippen molar-refractivity contribution in [3.05, 3.63) is 0 Å². The maximum Gasteiger partial charge on any atom is 0.222 e. The van der Waals surface area contributed by atoms with E-state index in [-0.39, 0.29) is 11.5 Å². The molecule has 14 heavy (non-hydrogen) atoms. The molecule has 1 unspecified atom stereocenters. The largest absolute Gasteiger partial charge is 0.373 e. The molecule has 0 saturated carbocycles. The molecular weight excluding hydrogens is 180 g/mol. The first-order chi connectivity index (χ1) is 6.58. The number of rotatable bonds is 7. The number of nitrogens with one attached hydrogen (secondary N) is 1. The summed E-state index contributed by atoms with van der Waals surface area (Å²) in [5.41, 5.74) is 5.28. The van der Waals surface area contributed by atoms with Crippen LogP contribution >= 0.6 is 0 Å². The standard InChI is InChI=1S/C10H22N2O2/c1-4-10(3,8-11)14-7-6-9(13)12-5-2/h4-8,11H2,1-3H3,(H,12,13). The van der Waals surface area contributed by atoms with Crippen LogP contribution in [0, 0.1) is 0 Å². The zero-order chi connectivity index (χ0) is 11.0. The molecule has 1 amide bonds. The maximum absolute atomic E-state index is 11.1. The van der Waals surface area contributed by atoms with E-state index in [0.29, 0.717) is 26.1 Å². The summed E-state index contributed by atoms with van der Waals surface area (Å²) in [6.07, 6.45) is 1.27. The molecule has 0 bridgehead atoms. The average molecular weight is 202 g/mol. The lowest BCUT2D eigenvalue weighted by molar-refractivity contribution is -0.123. The van der Waals surface area contributed by atoms with Crippen molar-refractivity contribution in [2.24, 2.45) is 5.73 Å². The third kappa shape index (κ3) is 5.19. The van der Waals surface area contributed by atoms with Crippen LogP contribution in [0.3, 0.4) is 0 Å². The SMILES string of the molecule is CCNC(=O)CCOC(C)(CC)CN. The lowest BCUT2D eigenvalue weighted by Gasteiger charge is -2.26. The van der Waals surface area contributed by atoms with Crippen molar-refractivity contribution in [1.29, 1.82) is 0 Å². The Hall–Kier alpha value is -0.610. The van der Waals surface area contributed by atoms with Gasteiger partial charge in [0.05, 0.1) is 12.2 Å². The summed E-state index contributed by atoms with van der Waals surface area (Å²) >= 11 is 0. The molecule has 0 rings (SSSR count). The molecular formula is C10H22N2O2. The maximum atomic E-state index is 11.1. The summed E-state index contributed by atoms with van der Waals surface area (Å²) in [4.78, 5) is 11.1. The van der Waals surface area contributed by atoms with E-state index >= 15 is 0 Å². The molecule has 0 aromatic rings. The Balaban J connectivity index is 3.66. The Morgan fingerprint density at radius 3 is 2.57 bits per heavy atom. The van der Waals surface area contributed by atoms with E-state index in [0.717, 1.165) is 6.42 Å². The summed E-state index contributed by atoms with van der Waals surface area (Å²) < 4.78 is 5.56. The Kier molecular flexibility index (Phi) is 6.49. The zero-order valence-corrected chi connectivity index (χ0v) is 9.43. The minimum atomic E-state index is -0.285. The van der Waals surface area contributed by atoms with Gasteiger partial charge in [-0.2, -0.15) is 0 Å². The smallest absolute Gasteiger partial charge is 0.222 e. The van der Waals surface area contributed by atoms with E-state index in [4.69, 9.17) is 10.5 Å². The summed E-state index contributed by atoms with van der Waals surface area (Å²) in [6.45, 7) is 7.48. The number of carbonyl (C=O) groups is 1. The summed E-state index contributed by atoms with van der Waals surface area (Å²) in [5, 5.41) is 2.72. The molecule has 0 aliphatic rings. The molecule has 1 atom stereocenters. The van der Waals surface area contributed by atoms with Gasteiger partial charge in [-0.1, -0.05) is 6.92 Å². The molecule has 0 aromatic heterocycles. The number of ether oxygens (including phenoxy) is 1. The van der Waals surface area contributed by atoms with Crippen molar-refractivity contribution >= 4 is 5.91 Å². The predicted molar refractivity (Wildman–Crippen MR) is 57.0 cm³/mol. The molecule has 0 radical (unpaired) electrons. The van der Waals surface area contributed by atoms with Crippen LogP contribution in [0.4, 0.5) is 0 Å². The summed E-state index contributed by atoms with van der Waals surface area (Å²) in [7, 11) is 0. The van der Waals surface area contributed by atoms with Gasteiger partial charge in [0.15, 0.2) is 0 Å². The Labute approximate surface area is 86.2 Å². The Morgan fingerprint density at radius 1 is 1.50 bits per heavy atom. The second-order valence-corrected chi connectivity index (χ2v) is 3.56. The molecule has 0 spiro atoms. The van der Waals surface area contributed by atoms with Crippen LogP contribution < -0.4 is 11.1 Å². The van der Waals surface area contributed by atoms with E-state index in [1.54, 1.807) is 0 Å². The van der Waals surface area contributed by atoms with Gasteiger partial charge in [-0.15, -0.1) is 0 Å². The molecule has 3 N–H and O–H groups in total. The first kappa shape index (κ1) is 13.4. The molecule has 4 nitrogen and oxygen atoms in total. The predicted octanol–water partition coefficient (Wildman–Crippen LogP) is 0.657. The zero-order valence-electron chi connectivity index (χ0n) is 9.43. The van der Waals surface area contributed by atoms with Gasteiger partial charge < -0.3 is 15.8 Å². The third-order valence-electron chi connectivity index (χ3n) is 2.33. The van der Waals surface area contributed by atoms with Crippen LogP contribution in [0.5, 0.6) is 0 Å². The highest BCUT2D eigenvalue weighted by Crippen LogP contribution is 2.12. The van der Waals surface area contributed by atoms with Crippen LogP contribution in [0.15, 0.2) is 0 Å². The van der Waals surface area contributed by atoms with Gasteiger partial charge in [-0.05, 0) is 20.3 Å². The van der Waals surface area contributed by atoms with Crippen molar-refractivity contribution in [3.8, 4) is 0 Å². The van der Waals surface area contributed by atoms with E-state index in [1.165, 1.54) is 0 Å². The fraction of sp³-hybridized carbons (Fsp3) is 0.900. The second-order valence-electron chi connectivity index (χ2n) is 3.56. The Morgan fingerprint density at radius 2 is 2.14 bits per heavy atom. The van der Waals surface area contributed by atoms with Crippen LogP contribution in [-0.2, 0) is 9.53 Å². The van der Waals surface area contributed by atoms with E-state index in [9.17, 15) is 4.79 Å². The highest BCUT2D eigenvalue weighted by molar-refractivity contribution is 5.75. The van der Waals surface area contributed by atoms with Crippen molar-refractivity contribution in [3.63, 3.8) is 0 Å². The number of hydrogen-bond acceptors (Lipinski definition) is 3. The van der Waals surface area contributed by atoms with Crippen LogP contribution in [-0.4, -0.2) is 31.2 Å². The fourth-order valence-electron chi connectivity index (χ4n) is 0.981. The molecule has 0 aliphatic heterocycles. The quantitative estimate of drug-likeness (QED) is 0.637. The van der Waals surface area contributed by atoms with Gasteiger partial charge in [0, 0.05) is 19.5 Å². The van der Waals surface area contributed by atoms with Crippen molar-refractivity contribution in [2.45, 2.75) is 39.2 Å². The fourth-order valence-corrected chi connectivity index (χ4v) is 0.981. The van der Waals surface area contributed by atoms with Crippen molar-refractivity contribution in [2.75, 3.05) is 19.7 Å². The number of carbonyl (C=O) groups excluding carboxylic acids is 1. The van der Waals surface area contributed by atoms with Gasteiger partial charge in [-0.25, -0.2) is 0 Å². The second kappa shape index (κ2) is 6.79. The minimum absolute atomic E-state index is 0.0305. The normalized spacial score (nSPS) is 14.9. The summed E-state index contributed by atoms with van der Waals surface area (Å²) in [5.74, 6) is 0.0305. The van der Waals surface area contributed by atoms with E-state index in [2.05, 4.69) is 5.32 Å². The first-order valence-electron chi connectivity index (χ1n) is 5.18. The monoisotopic (exact) mass is 202 g/mol. The molecule has 0 heterocycles.